The van der Waals surface area contributed by atoms with E-state index in [4.69, 9.17) is 4.74 Å². The molecule has 0 amide bonds. The van der Waals surface area contributed by atoms with E-state index in [-0.39, 0.29) is 5.78 Å². The number of likely N-dealkylation sites (tertiary alicyclic amines) is 1. The van der Waals surface area contributed by atoms with Gasteiger partial charge < -0.3 is 9.30 Å². The third-order valence-electron chi connectivity index (χ3n) is 3.53. The van der Waals surface area contributed by atoms with Crippen molar-refractivity contribution in [2.75, 3.05) is 33.4 Å². The van der Waals surface area contributed by atoms with Crippen LogP contribution in [0.3, 0.4) is 0 Å². The number of aromatic nitrogens is 1. The minimum atomic E-state index is 0.216. The van der Waals surface area contributed by atoms with Gasteiger partial charge in [0.15, 0.2) is 5.78 Å². The van der Waals surface area contributed by atoms with Crippen molar-refractivity contribution >= 4 is 5.78 Å². The minimum Gasteiger partial charge on any atom is -0.384 e. The van der Waals surface area contributed by atoms with Crippen LogP contribution in [0.4, 0.5) is 0 Å². The number of nitrogens with zero attached hydrogens (tertiary/aromatic N) is 2. The van der Waals surface area contributed by atoms with Crippen LogP contribution in [0.25, 0.3) is 0 Å². The third kappa shape index (κ3) is 3.43. The van der Waals surface area contributed by atoms with Gasteiger partial charge in [0.1, 0.15) is 0 Å². The molecule has 0 spiro atoms. The Labute approximate surface area is 109 Å². The molecule has 1 aliphatic rings. The average Bonchev–Trinajstić information content (AvgIpc) is 2.77. The number of methoxy groups -OCH3 is 1. The lowest BCUT2D eigenvalue weighted by molar-refractivity contribution is 0.0758. The molecule has 2 rings (SSSR count). The molecule has 18 heavy (non-hydrogen) atoms. The summed E-state index contributed by atoms with van der Waals surface area (Å²) in [6.45, 7) is 3.34. The molecule has 1 atom stereocenters. The van der Waals surface area contributed by atoms with Gasteiger partial charge in [-0.15, -0.1) is 0 Å². The van der Waals surface area contributed by atoms with E-state index in [1.807, 2.05) is 30.1 Å². The number of aryl methyl sites for hydroxylation is 1. The topological polar surface area (TPSA) is 34.5 Å². The van der Waals surface area contributed by atoms with Gasteiger partial charge in [0.25, 0.3) is 0 Å². The van der Waals surface area contributed by atoms with E-state index >= 15 is 0 Å². The van der Waals surface area contributed by atoms with Crippen molar-refractivity contribution in [3.05, 3.63) is 24.0 Å². The fourth-order valence-corrected chi connectivity index (χ4v) is 2.63. The lowest BCUT2D eigenvalue weighted by atomic mass is 9.98. The summed E-state index contributed by atoms with van der Waals surface area (Å²) in [5.41, 5.74) is 0.811. The van der Waals surface area contributed by atoms with Gasteiger partial charge in [-0.1, -0.05) is 0 Å². The molecule has 0 N–H and O–H groups in total. The Balaban J connectivity index is 1.87. The van der Waals surface area contributed by atoms with Crippen LogP contribution in [-0.4, -0.2) is 48.6 Å². The predicted octanol–water partition coefficient (Wildman–Crippen LogP) is 1.57. The van der Waals surface area contributed by atoms with Gasteiger partial charge in [0.05, 0.1) is 13.2 Å². The molecule has 100 valence electrons. The zero-order valence-corrected chi connectivity index (χ0v) is 11.3. The van der Waals surface area contributed by atoms with Crippen molar-refractivity contribution in [1.82, 2.24) is 9.47 Å². The molecule has 1 aromatic heterocycles. The van der Waals surface area contributed by atoms with Crippen molar-refractivity contribution in [1.29, 1.82) is 0 Å². The SMILES string of the molecule is COCC1CCCN(CC(=O)c2ccn(C)c2)C1. The number of piperidine rings is 1. The van der Waals surface area contributed by atoms with E-state index in [0.717, 1.165) is 31.7 Å². The Morgan fingerprint density at radius 3 is 3.06 bits per heavy atom. The molecular formula is C14H22N2O2. The molecule has 1 aliphatic heterocycles. The number of carbonyl (C=O) groups is 1. The second-order valence-electron chi connectivity index (χ2n) is 5.19. The minimum absolute atomic E-state index is 0.216. The standard InChI is InChI=1S/C14H22N2O2/c1-15-7-5-13(9-15)14(17)10-16-6-3-4-12(8-16)11-18-2/h5,7,9,12H,3-4,6,8,10-11H2,1-2H3. The van der Waals surface area contributed by atoms with Crippen LogP contribution < -0.4 is 0 Å². The summed E-state index contributed by atoms with van der Waals surface area (Å²) in [7, 11) is 3.68. The van der Waals surface area contributed by atoms with Crippen LogP contribution >= 0.6 is 0 Å². The van der Waals surface area contributed by atoms with Gasteiger partial charge in [0.2, 0.25) is 0 Å². The maximum Gasteiger partial charge on any atom is 0.178 e. The monoisotopic (exact) mass is 250 g/mol. The van der Waals surface area contributed by atoms with Gasteiger partial charge in [-0.3, -0.25) is 9.69 Å². The van der Waals surface area contributed by atoms with E-state index < -0.39 is 0 Å². The molecule has 2 heterocycles. The van der Waals surface area contributed by atoms with Crippen molar-refractivity contribution < 1.29 is 9.53 Å². The van der Waals surface area contributed by atoms with Crippen LogP contribution in [0, 0.1) is 5.92 Å². The Bertz CT molecular complexity index is 398. The van der Waals surface area contributed by atoms with Crippen LogP contribution in [0.5, 0.6) is 0 Å². The molecule has 1 saturated heterocycles. The zero-order valence-electron chi connectivity index (χ0n) is 11.3. The lowest BCUT2D eigenvalue weighted by Gasteiger charge is -2.31. The second-order valence-corrected chi connectivity index (χ2v) is 5.19. The molecule has 0 aromatic carbocycles. The largest absolute Gasteiger partial charge is 0.384 e. The summed E-state index contributed by atoms with van der Waals surface area (Å²) in [5, 5.41) is 0. The first kappa shape index (κ1) is 13.3. The number of ketones is 1. The van der Waals surface area contributed by atoms with Crippen LogP contribution in [-0.2, 0) is 11.8 Å². The lowest BCUT2D eigenvalue weighted by Crippen LogP contribution is -2.40. The molecule has 1 fully saturated rings. The molecule has 0 saturated carbocycles. The van der Waals surface area contributed by atoms with Gasteiger partial charge in [-0.05, 0) is 31.4 Å². The fourth-order valence-electron chi connectivity index (χ4n) is 2.63. The van der Waals surface area contributed by atoms with Crippen LogP contribution in [0.1, 0.15) is 23.2 Å². The summed E-state index contributed by atoms with van der Waals surface area (Å²) in [5.74, 6) is 0.793. The number of rotatable bonds is 5. The van der Waals surface area contributed by atoms with Gasteiger partial charge in [-0.25, -0.2) is 0 Å². The summed E-state index contributed by atoms with van der Waals surface area (Å²) in [4.78, 5) is 14.4. The number of hydrogen-bond acceptors (Lipinski definition) is 3. The Hall–Kier alpha value is -1.13. The first-order valence-corrected chi connectivity index (χ1v) is 6.55. The number of ether oxygens (including phenoxy) is 1. The summed E-state index contributed by atoms with van der Waals surface area (Å²) in [6, 6.07) is 1.89. The Morgan fingerprint density at radius 2 is 2.39 bits per heavy atom. The number of carbonyl (C=O) groups excluding carboxylic acids is 1. The van der Waals surface area contributed by atoms with Gasteiger partial charge in [-0.2, -0.15) is 0 Å². The van der Waals surface area contributed by atoms with Crippen molar-refractivity contribution in [3.63, 3.8) is 0 Å². The average molecular weight is 250 g/mol. The highest BCUT2D eigenvalue weighted by Crippen LogP contribution is 2.17. The highest BCUT2D eigenvalue weighted by Gasteiger charge is 2.22. The number of hydrogen-bond donors (Lipinski definition) is 0. The summed E-state index contributed by atoms with van der Waals surface area (Å²) < 4.78 is 7.12. The Morgan fingerprint density at radius 1 is 1.56 bits per heavy atom. The van der Waals surface area contributed by atoms with E-state index in [1.54, 1.807) is 7.11 Å². The molecular weight excluding hydrogens is 228 g/mol. The van der Waals surface area contributed by atoms with Crippen molar-refractivity contribution in [2.45, 2.75) is 12.8 Å². The van der Waals surface area contributed by atoms with E-state index in [9.17, 15) is 4.79 Å². The molecule has 0 bridgehead atoms. The highest BCUT2D eigenvalue weighted by atomic mass is 16.5. The predicted molar refractivity (Wildman–Crippen MR) is 70.8 cm³/mol. The maximum absolute atomic E-state index is 12.1. The highest BCUT2D eigenvalue weighted by molar-refractivity contribution is 5.97. The van der Waals surface area contributed by atoms with E-state index in [0.29, 0.717) is 12.5 Å². The van der Waals surface area contributed by atoms with Crippen molar-refractivity contribution in [3.8, 4) is 0 Å². The van der Waals surface area contributed by atoms with Crippen LogP contribution in [0.15, 0.2) is 18.5 Å². The maximum atomic E-state index is 12.1. The van der Waals surface area contributed by atoms with Crippen LogP contribution in [0.2, 0.25) is 0 Å². The Kier molecular flexibility index (Phi) is 4.55. The third-order valence-corrected chi connectivity index (χ3v) is 3.53. The molecule has 4 heteroatoms. The number of Topliss-reactive ketones (excluding diaryl/α,β-unsaturated/α-hetero) is 1. The summed E-state index contributed by atoms with van der Waals surface area (Å²) in [6.07, 6.45) is 6.18. The molecule has 1 unspecified atom stereocenters. The normalized spacial score (nSPS) is 21.1. The zero-order chi connectivity index (χ0) is 13.0. The molecule has 0 aliphatic carbocycles. The smallest absolute Gasteiger partial charge is 0.178 e. The van der Waals surface area contributed by atoms with Crippen molar-refractivity contribution in [2.24, 2.45) is 13.0 Å². The van der Waals surface area contributed by atoms with E-state index in [2.05, 4.69) is 4.90 Å². The van der Waals surface area contributed by atoms with E-state index in [1.165, 1.54) is 6.42 Å². The second kappa shape index (κ2) is 6.16. The molecule has 4 nitrogen and oxygen atoms in total. The quantitative estimate of drug-likeness (QED) is 0.744. The first-order chi connectivity index (χ1) is 8.69. The van der Waals surface area contributed by atoms with Gasteiger partial charge >= 0.3 is 0 Å². The summed E-state index contributed by atoms with van der Waals surface area (Å²) >= 11 is 0. The molecule has 0 radical (unpaired) electrons. The molecule has 1 aromatic rings. The first-order valence-electron chi connectivity index (χ1n) is 6.55. The fraction of sp³-hybridized carbons (Fsp3) is 0.643. The van der Waals surface area contributed by atoms with Gasteiger partial charge in [0, 0.05) is 38.7 Å².